The summed E-state index contributed by atoms with van der Waals surface area (Å²) in [5.41, 5.74) is 0.709. The first-order valence-electron chi connectivity index (χ1n) is 5.81. The molecule has 1 saturated carbocycles. The van der Waals surface area contributed by atoms with E-state index in [9.17, 15) is 0 Å². The van der Waals surface area contributed by atoms with Crippen LogP contribution in [0.5, 0.6) is 0 Å². The summed E-state index contributed by atoms with van der Waals surface area (Å²) in [5.74, 6) is 1.86. The van der Waals surface area contributed by atoms with E-state index in [0.717, 1.165) is 11.8 Å². The molecule has 0 spiro atoms. The molecule has 1 aliphatic carbocycles. The number of piperidine rings is 1. The summed E-state index contributed by atoms with van der Waals surface area (Å²) >= 11 is 0. The first-order chi connectivity index (χ1) is 6.09. The molecule has 0 N–H and O–H groups in total. The molecule has 1 heteroatoms. The normalized spacial score (nSPS) is 39.0. The van der Waals surface area contributed by atoms with E-state index in [4.69, 9.17) is 0 Å². The Morgan fingerprint density at radius 1 is 1.23 bits per heavy atom. The van der Waals surface area contributed by atoms with Crippen LogP contribution in [0.1, 0.15) is 40.0 Å². The molecule has 1 aliphatic heterocycles. The average Bonchev–Trinajstić information content (AvgIpc) is 2.76. The summed E-state index contributed by atoms with van der Waals surface area (Å²) < 4.78 is 0. The monoisotopic (exact) mass is 181 g/mol. The van der Waals surface area contributed by atoms with Crippen molar-refractivity contribution < 1.29 is 0 Å². The Labute approximate surface area is 82.5 Å². The van der Waals surface area contributed by atoms with E-state index in [0.29, 0.717) is 5.41 Å². The molecule has 0 bridgehead atoms. The van der Waals surface area contributed by atoms with E-state index in [-0.39, 0.29) is 0 Å². The predicted octanol–water partition coefficient (Wildman–Crippen LogP) is 2.76. The van der Waals surface area contributed by atoms with Crippen molar-refractivity contribution in [1.29, 1.82) is 0 Å². The van der Waals surface area contributed by atoms with Crippen LogP contribution < -0.4 is 0 Å². The van der Waals surface area contributed by atoms with Gasteiger partial charge in [-0.1, -0.05) is 20.8 Å². The molecule has 2 unspecified atom stereocenters. The van der Waals surface area contributed by atoms with Crippen molar-refractivity contribution in [3.05, 3.63) is 0 Å². The molecule has 2 rings (SSSR count). The minimum Gasteiger partial charge on any atom is -0.303 e. The average molecular weight is 181 g/mol. The quantitative estimate of drug-likeness (QED) is 0.633. The van der Waals surface area contributed by atoms with Gasteiger partial charge in [0.1, 0.15) is 0 Å². The number of rotatable bonds is 2. The van der Waals surface area contributed by atoms with Crippen molar-refractivity contribution in [2.75, 3.05) is 19.6 Å². The molecule has 2 aliphatic rings. The molecule has 0 aromatic heterocycles. The maximum atomic E-state index is 2.69. The minimum absolute atomic E-state index is 0.709. The molecule has 0 radical (unpaired) electrons. The van der Waals surface area contributed by atoms with E-state index in [2.05, 4.69) is 25.7 Å². The first kappa shape index (κ1) is 9.51. The highest BCUT2D eigenvalue weighted by Crippen LogP contribution is 2.46. The summed E-state index contributed by atoms with van der Waals surface area (Å²) in [5, 5.41) is 0. The van der Waals surface area contributed by atoms with Crippen molar-refractivity contribution in [3.8, 4) is 0 Å². The molecule has 1 heterocycles. The van der Waals surface area contributed by atoms with Gasteiger partial charge in [0.05, 0.1) is 0 Å². The molecule has 76 valence electrons. The smallest absolute Gasteiger partial charge is 0.00354 e. The van der Waals surface area contributed by atoms with Gasteiger partial charge in [0.15, 0.2) is 0 Å². The Morgan fingerprint density at radius 2 is 1.92 bits per heavy atom. The molecule has 0 aromatic rings. The highest BCUT2D eigenvalue weighted by molar-refractivity contribution is 4.92. The van der Waals surface area contributed by atoms with Gasteiger partial charge in [-0.3, -0.25) is 0 Å². The van der Waals surface area contributed by atoms with E-state index in [1.807, 2.05) is 0 Å². The first-order valence-corrected chi connectivity index (χ1v) is 5.81. The third-order valence-corrected chi connectivity index (χ3v) is 4.13. The van der Waals surface area contributed by atoms with Gasteiger partial charge in [0, 0.05) is 13.1 Å². The number of hydrogen-bond donors (Lipinski definition) is 0. The van der Waals surface area contributed by atoms with Gasteiger partial charge in [0.2, 0.25) is 0 Å². The standard InChI is InChI=1S/C12H23N/c1-10-4-7-13(8-11(10)2)9-12(3)5-6-12/h10-11H,4-9H2,1-3H3. The van der Waals surface area contributed by atoms with Crippen LogP contribution in [-0.4, -0.2) is 24.5 Å². The Bertz CT molecular complexity index is 184. The molecule has 13 heavy (non-hydrogen) atoms. The topological polar surface area (TPSA) is 3.24 Å². The SMILES string of the molecule is CC1CCN(CC2(C)CC2)CC1C. The van der Waals surface area contributed by atoms with Crippen LogP contribution in [0.15, 0.2) is 0 Å². The van der Waals surface area contributed by atoms with Gasteiger partial charge in [0.25, 0.3) is 0 Å². The largest absolute Gasteiger partial charge is 0.303 e. The molecule has 2 atom stereocenters. The zero-order valence-corrected chi connectivity index (χ0v) is 9.34. The minimum atomic E-state index is 0.709. The molecular weight excluding hydrogens is 158 g/mol. The zero-order valence-electron chi connectivity index (χ0n) is 9.34. The summed E-state index contributed by atoms with van der Waals surface area (Å²) in [4.78, 5) is 2.69. The lowest BCUT2D eigenvalue weighted by molar-refractivity contribution is 0.119. The van der Waals surface area contributed by atoms with Crippen molar-refractivity contribution in [1.82, 2.24) is 4.90 Å². The van der Waals surface area contributed by atoms with Gasteiger partial charge in [-0.15, -0.1) is 0 Å². The van der Waals surface area contributed by atoms with Gasteiger partial charge < -0.3 is 4.90 Å². The van der Waals surface area contributed by atoms with Gasteiger partial charge in [-0.25, -0.2) is 0 Å². The predicted molar refractivity (Wildman–Crippen MR) is 56.7 cm³/mol. The molecule has 0 aromatic carbocycles. The van der Waals surface area contributed by atoms with Gasteiger partial charge in [-0.2, -0.15) is 0 Å². The summed E-state index contributed by atoms with van der Waals surface area (Å²) in [6, 6.07) is 0. The van der Waals surface area contributed by atoms with Crippen LogP contribution >= 0.6 is 0 Å². The summed E-state index contributed by atoms with van der Waals surface area (Å²) in [6.45, 7) is 11.3. The third kappa shape index (κ3) is 2.25. The second-order valence-electron chi connectivity index (χ2n) is 5.79. The van der Waals surface area contributed by atoms with Gasteiger partial charge >= 0.3 is 0 Å². The van der Waals surface area contributed by atoms with Crippen LogP contribution in [0.4, 0.5) is 0 Å². The fraction of sp³-hybridized carbons (Fsp3) is 1.00. The van der Waals surface area contributed by atoms with E-state index in [1.165, 1.54) is 38.9 Å². The van der Waals surface area contributed by atoms with Crippen molar-refractivity contribution in [2.45, 2.75) is 40.0 Å². The van der Waals surface area contributed by atoms with Crippen molar-refractivity contribution >= 4 is 0 Å². The van der Waals surface area contributed by atoms with E-state index < -0.39 is 0 Å². The molecule has 2 fully saturated rings. The summed E-state index contributed by atoms with van der Waals surface area (Å²) in [7, 11) is 0. The molecule has 1 saturated heterocycles. The Hall–Kier alpha value is -0.0400. The van der Waals surface area contributed by atoms with E-state index in [1.54, 1.807) is 0 Å². The van der Waals surface area contributed by atoms with E-state index >= 15 is 0 Å². The highest BCUT2D eigenvalue weighted by Gasteiger charge is 2.39. The second kappa shape index (κ2) is 3.27. The van der Waals surface area contributed by atoms with Crippen LogP contribution in [-0.2, 0) is 0 Å². The number of likely N-dealkylation sites (tertiary alicyclic amines) is 1. The summed E-state index contributed by atoms with van der Waals surface area (Å²) in [6.07, 6.45) is 4.35. The molecule has 0 amide bonds. The van der Waals surface area contributed by atoms with Crippen LogP contribution in [0.25, 0.3) is 0 Å². The zero-order chi connectivity index (χ0) is 9.47. The lowest BCUT2D eigenvalue weighted by Crippen LogP contribution is -2.40. The van der Waals surface area contributed by atoms with Crippen LogP contribution in [0.2, 0.25) is 0 Å². The van der Waals surface area contributed by atoms with Crippen molar-refractivity contribution in [3.63, 3.8) is 0 Å². The fourth-order valence-electron chi connectivity index (χ4n) is 2.40. The van der Waals surface area contributed by atoms with Gasteiger partial charge in [-0.05, 0) is 43.1 Å². The Kier molecular flexibility index (Phi) is 2.39. The fourth-order valence-corrected chi connectivity index (χ4v) is 2.40. The Morgan fingerprint density at radius 3 is 2.46 bits per heavy atom. The molecular formula is C12H23N. The van der Waals surface area contributed by atoms with Crippen LogP contribution in [0, 0.1) is 17.3 Å². The maximum Gasteiger partial charge on any atom is 0.00354 e. The molecule has 1 nitrogen and oxygen atoms in total. The van der Waals surface area contributed by atoms with Crippen LogP contribution in [0.3, 0.4) is 0 Å². The third-order valence-electron chi connectivity index (χ3n) is 4.13. The number of nitrogens with zero attached hydrogens (tertiary/aromatic N) is 1. The lowest BCUT2D eigenvalue weighted by Gasteiger charge is -2.36. The Balaban J connectivity index is 1.81. The lowest BCUT2D eigenvalue weighted by atomic mass is 9.88. The maximum absolute atomic E-state index is 2.69. The number of hydrogen-bond acceptors (Lipinski definition) is 1. The van der Waals surface area contributed by atoms with Crippen molar-refractivity contribution in [2.24, 2.45) is 17.3 Å². The highest BCUT2D eigenvalue weighted by atomic mass is 15.1. The second-order valence-corrected chi connectivity index (χ2v) is 5.79.